The van der Waals surface area contributed by atoms with Gasteiger partial charge in [-0.15, -0.1) is 0 Å². The molecule has 0 saturated heterocycles. The molecule has 0 saturated carbocycles. The first kappa shape index (κ1) is 20.6. The summed E-state index contributed by atoms with van der Waals surface area (Å²) in [6.45, 7) is 3.00. The van der Waals surface area contributed by atoms with Gasteiger partial charge in [0.2, 0.25) is 0 Å². The van der Waals surface area contributed by atoms with E-state index in [2.05, 4.69) is 5.32 Å². The van der Waals surface area contributed by atoms with Crippen molar-refractivity contribution in [3.8, 4) is 5.75 Å². The van der Waals surface area contributed by atoms with Crippen molar-refractivity contribution in [1.29, 1.82) is 0 Å². The summed E-state index contributed by atoms with van der Waals surface area (Å²) in [5, 5.41) is 14.2. The van der Waals surface area contributed by atoms with E-state index >= 15 is 0 Å². The maximum absolute atomic E-state index is 12.1. The van der Waals surface area contributed by atoms with Gasteiger partial charge in [-0.1, -0.05) is 46.4 Å². The number of nitro groups is 1. The molecule has 0 aliphatic carbocycles. The fourth-order valence-electron chi connectivity index (χ4n) is 2.10. The zero-order valence-electron chi connectivity index (χ0n) is 13.5. The molecule has 10 heteroatoms. The lowest BCUT2D eigenvalue weighted by atomic mass is 10.1. The number of amides is 1. The minimum atomic E-state index is -0.646. The van der Waals surface area contributed by atoms with E-state index in [0.717, 1.165) is 6.07 Å². The van der Waals surface area contributed by atoms with Gasteiger partial charge < -0.3 is 10.1 Å². The minimum absolute atomic E-state index is 0.0325. The highest BCUT2D eigenvalue weighted by molar-refractivity contribution is 6.42. The van der Waals surface area contributed by atoms with Crippen LogP contribution in [0.5, 0.6) is 5.75 Å². The number of rotatable bonds is 5. The molecular formula is C16H12Cl4N2O4. The Hall–Kier alpha value is -1.73. The lowest BCUT2D eigenvalue weighted by Crippen LogP contribution is -2.20. The van der Waals surface area contributed by atoms with Gasteiger partial charge in [0, 0.05) is 16.8 Å². The third kappa shape index (κ3) is 4.32. The van der Waals surface area contributed by atoms with Crippen molar-refractivity contribution in [2.45, 2.75) is 13.8 Å². The average Bonchev–Trinajstić information content (AvgIpc) is 2.59. The standard InChI is InChI=1S/C16H12Cl4N2O4/c1-7-13(18)8(2)15(20)16(14(7)19)26-6-12(23)21-9-3-4-10(17)11(5-9)22(24)25/h3-5H,6H2,1-2H3,(H,21,23). The number of carbonyl (C=O) groups excluding carboxylic acids is 1. The van der Waals surface area contributed by atoms with Gasteiger partial charge in [-0.05, 0) is 37.1 Å². The number of ether oxygens (including phenoxy) is 1. The Labute approximate surface area is 169 Å². The SMILES string of the molecule is Cc1c(Cl)c(C)c(Cl)c(OCC(=O)Nc2ccc(Cl)c([N+](=O)[O-])c2)c1Cl. The van der Waals surface area contributed by atoms with Crippen LogP contribution in [0.2, 0.25) is 20.1 Å². The third-order valence-electron chi connectivity index (χ3n) is 3.49. The van der Waals surface area contributed by atoms with Crippen molar-refractivity contribution >= 4 is 63.7 Å². The molecule has 1 amide bonds. The predicted molar refractivity (Wildman–Crippen MR) is 103 cm³/mol. The summed E-state index contributed by atoms with van der Waals surface area (Å²) in [4.78, 5) is 22.3. The molecule has 1 N–H and O–H groups in total. The number of nitro benzene ring substituents is 1. The van der Waals surface area contributed by atoms with Crippen molar-refractivity contribution in [1.82, 2.24) is 0 Å². The molecule has 0 atom stereocenters. The van der Waals surface area contributed by atoms with Gasteiger partial charge in [0.05, 0.1) is 15.0 Å². The first-order valence-electron chi connectivity index (χ1n) is 7.13. The molecule has 0 aromatic heterocycles. The van der Waals surface area contributed by atoms with E-state index in [9.17, 15) is 14.9 Å². The summed E-state index contributed by atoms with van der Waals surface area (Å²) in [6.07, 6.45) is 0. The Morgan fingerprint density at radius 1 is 1.12 bits per heavy atom. The van der Waals surface area contributed by atoms with Gasteiger partial charge in [-0.3, -0.25) is 14.9 Å². The Morgan fingerprint density at radius 3 is 2.23 bits per heavy atom. The fourth-order valence-corrected chi connectivity index (χ4v) is 3.11. The van der Waals surface area contributed by atoms with E-state index in [1.54, 1.807) is 13.8 Å². The topological polar surface area (TPSA) is 81.5 Å². The Balaban J connectivity index is 2.13. The van der Waals surface area contributed by atoms with Crippen LogP contribution in [-0.4, -0.2) is 17.4 Å². The van der Waals surface area contributed by atoms with Crippen molar-refractivity contribution in [3.63, 3.8) is 0 Å². The largest absolute Gasteiger partial charge is 0.481 e. The molecule has 6 nitrogen and oxygen atoms in total. The number of nitrogens with zero attached hydrogens (tertiary/aromatic N) is 1. The highest BCUT2D eigenvalue weighted by Gasteiger charge is 2.19. The lowest BCUT2D eigenvalue weighted by Gasteiger charge is -2.15. The summed E-state index contributed by atoms with van der Waals surface area (Å²) in [7, 11) is 0. The first-order valence-corrected chi connectivity index (χ1v) is 8.65. The Kier molecular flexibility index (Phi) is 6.58. The first-order chi connectivity index (χ1) is 12.1. The van der Waals surface area contributed by atoms with Crippen LogP contribution in [0.3, 0.4) is 0 Å². The molecule has 26 heavy (non-hydrogen) atoms. The molecule has 138 valence electrons. The van der Waals surface area contributed by atoms with Gasteiger partial charge in [0.1, 0.15) is 5.02 Å². The molecule has 0 aliphatic rings. The number of halogens is 4. The third-order valence-corrected chi connectivity index (χ3v) is 5.29. The van der Waals surface area contributed by atoms with Crippen molar-refractivity contribution < 1.29 is 14.5 Å². The quantitative estimate of drug-likeness (QED) is 0.470. The fraction of sp³-hybridized carbons (Fsp3) is 0.188. The Bertz CT molecular complexity index is 873. The van der Waals surface area contributed by atoms with Crippen LogP contribution >= 0.6 is 46.4 Å². The second kappa shape index (κ2) is 8.31. The number of carbonyl (C=O) groups is 1. The molecule has 2 rings (SSSR count). The van der Waals surface area contributed by atoms with E-state index in [1.807, 2.05) is 0 Å². The minimum Gasteiger partial charge on any atom is -0.481 e. The van der Waals surface area contributed by atoms with Gasteiger partial charge >= 0.3 is 0 Å². The zero-order valence-corrected chi connectivity index (χ0v) is 16.6. The van der Waals surface area contributed by atoms with Crippen molar-refractivity contribution in [2.75, 3.05) is 11.9 Å². The monoisotopic (exact) mass is 436 g/mol. The van der Waals surface area contributed by atoms with E-state index in [1.165, 1.54) is 12.1 Å². The van der Waals surface area contributed by atoms with Crippen LogP contribution in [0.25, 0.3) is 0 Å². The van der Waals surface area contributed by atoms with Gasteiger partial charge in [0.25, 0.3) is 11.6 Å². The van der Waals surface area contributed by atoms with Crippen LogP contribution in [0.4, 0.5) is 11.4 Å². The number of nitrogens with one attached hydrogen (secondary N) is 1. The molecular weight excluding hydrogens is 426 g/mol. The molecule has 0 heterocycles. The molecule has 2 aromatic rings. The summed E-state index contributed by atoms with van der Waals surface area (Å²) >= 11 is 24.2. The molecule has 0 unspecified atom stereocenters. The van der Waals surface area contributed by atoms with Crippen LogP contribution in [-0.2, 0) is 4.79 Å². The average molecular weight is 438 g/mol. The van der Waals surface area contributed by atoms with E-state index < -0.39 is 17.4 Å². The van der Waals surface area contributed by atoms with E-state index in [0.29, 0.717) is 16.1 Å². The maximum Gasteiger partial charge on any atom is 0.289 e. The van der Waals surface area contributed by atoms with Crippen LogP contribution in [0.15, 0.2) is 18.2 Å². The maximum atomic E-state index is 12.1. The van der Waals surface area contributed by atoms with E-state index in [4.69, 9.17) is 51.1 Å². The molecule has 0 spiro atoms. The van der Waals surface area contributed by atoms with Gasteiger partial charge in [-0.25, -0.2) is 0 Å². The number of anilines is 1. The van der Waals surface area contributed by atoms with Crippen LogP contribution in [0.1, 0.15) is 11.1 Å². The highest BCUT2D eigenvalue weighted by atomic mass is 35.5. The number of hydrogen-bond donors (Lipinski definition) is 1. The molecule has 0 aliphatic heterocycles. The molecule has 0 fully saturated rings. The number of hydrogen-bond acceptors (Lipinski definition) is 4. The smallest absolute Gasteiger partial charge is 0.289 e. The number of benzene rings is 2. The zero-order chi connectivity index (χ0) is 19.6. The predicted octanol–water partition coefficient (Wildman–Crippen LogP) is 5.84. The summed E-state index contributed by atoms with van der Waals surface area (Å²) in [5.41, 5.74) is 1.05. The molecule has 0 bridgehead atoms. The van der Waals surface area contributed by atoms with Crippen LogP contribution in [0, 0.1) is 24.0 Å². The normalized spacial score (nSPS) is 10.5. The Morgan fingerprint density at radius 2 is 1.69 bits per heavy atom. The highest BCUT2D eigenvalue weighted by Crippen LogP contribution is 2.42. The second-order valence-electron chi connectivity index (χ2n) is 5.28. The summed E-state index contributed by atoms with van der Waals surface area (Å²) in [6, 6.07) is 3.90. The van der Waals surface area contributed by atoms with E-state index in [-0.39, 0.29) is 32.2 Å². The summed E-state index contributed by atoms with van der Waals surface area (Å²) < 4.78 is 5.43. The van der Waals surface area contributed by atoms with Gasteiger partial charge in [-0.2, -0.15) is 0 Å². The molecule has 2 aromatic carbocycles. The van der Waals surface area contributed by atoms with Gasteiger partial charge in [0.15, 0.2) is 12.4 Å². The summed E-state index contributed by atoms with van der Waals surface area (Å²) in [5.74, 6) is -0.413. The second-order valence-corrected chi connectivity index (χ2v) is 6.82. The van der Waals surface area contributed by atoms with Crippen molar-refractivity contribution in [2.24, 2.45) is 0 Å². The molecule has 0 radical (unpaired) electrons. The van der Waals surface area contributed by atoms with Crippen LogP contribution < -0.4 is 10.1 Å². The van der Waals surface area contributed by atoms with Crippen molar-refractivity contribution in [3.05, 3.63) is 59.5 Å². The lowest BCUT2D eigenvalue weighted by molar-refractivity contribution is -0.384.